The first-order chi connectivity index (χ1) is 8.29. The Morgan fingerprint density at radius 1 is 1.35 bits per heavy atom. The Morgan fingerprint density at radius 3 is 2.71 bits per heavy atom. The van der Waals surface area contributed by atoms with Crippen LogP contribution in [0.1, 0.15) is 32.1 Å². The molecular weight excluding hydrogens is 234 g/mol. The highest BCUT2D eigenvalue weighted by atomic mass is 32.2. The molecule has 3 atom stereocenters. The van der Waals surface area contributed by atoms with E-state index in [9.17, 15) is 4.21 Å². The van der Waals surface area contributed by atoms with E-state index in [1.165, 1.54) is 25.7 Å². The van der Waals surface area contributed by atoms with Gasteiger partial charge in [-0.3, -0.25) is 4.21 Å². The Bertz CT molecular complexity index is 248. The third kappa shape index (κ3) is 4.04. The fourth-order valence-corrected chi connectivity index (χ4v) is 4.87. The monoisotopic (exact) mass is 259 g/mol. The Balaban J connectivity index is 1.74. The maximum absolute atomic E-state index is 12.2. The number of hydrogen-bond acceptors (Lipinski definition) is 3. The van der Waals surface area contributed by atoms with Gasteiger partial charge in [-0.2, -0.15) is 0 Å². The van der Waals surface area contributed by atoms with E-state index in [-0.39, 0.29) is 0 Å². The Morgan fingerprint density at radius 2 is 2.12 bits per heavy atom. The molecule has 0 spiro atoms. The highest BCUT2D eigenvalue weighted by molar-refractivity contribution is 7.85. The lowest BCUT2D eigenvalue weighted by Gasteiger charge is -2.22. The molecule has 1 heterocycles. The fourth-order valence-electron chi connectivity index (χ4n) is 3.03. The molecule has 1 aliphatic heterocycles. The van der Waals surface area contributed by atoms with Gasteiger partial charge in [0.05, 0.1) is 6.61 Å². The van der Waals surface area contributed by atoms with Crippen molar-refractivity contribution in [1.82, 2.24) is 5.32 Å². The second-order valence-electron chi connectivity index (χ2n) is 5.44. The fraction of sp³-hybridized carbons (Fsp3) is 1.00. The summed E-state index contributed by atoms with van der Waals surface area (Å²) in [6.07, 6.45) is 6.39. The van der Waals surface area contributed by atoms with E-state index in [0.717, 1.165) is 37.1 Å². The lowest BCUT2D eigenvalue weighted by molar-refractivity contribution is 0.179. The summed E-state index contributed by atoms with van der Waals surface area (Å²) >= 11 is 0. The van der Waals surface area contributed by atoms with E-state index < -0.39 is 10.8 Å². The predicted molar refractivity (Wildman–Crippen MR) is 71.6 cm³/mol. The molecule has 3 unspecified atom stereocenters. The normalized spacial score (nSPS) is 29.6. The van der Waals surface area contributed by atoms with Crippen LogP contribution in [0.4, 0.5) is 0 Å². The quantitative estimate of drug-likeness (QED) is 0.786. The maximum Gasteiger partial charge on any atom is 0.0510 e. The van der Waals surface area contributed by atoms with Gasteiger partial charge in [-0.1, -0.05) is 12.8 Å². The molecule has 1 aliphatic carbocycles. The molecule has 17 heavy (non-hydrogen) atoms. The van der Waals surface area contributed by atoms with Gasteiger partial charge in [-0.15, -0.1) is 0 Å². The molecule has 3 nitrogen and oxygen atoms in total. The van der Waals surface area contributed by atoms with Crippen molar-refractivity contribution in [3.05, 3.63) is 0 Å². The van der Waals surface area contributed by atoms with Crippen LogP contribution in [0.25, 0.3) is 0 Å². The van der Waals surface area contributed by atoms with E-state index in [4.69, 9.17) is 4.74 Å². The SMILES string of the molecule is CNC(CS(=O)CC1CCCC1)C1CCOC1. The first-order valence-electron chi connectivity index (χ1n) is 6.89. The van der Waals surface area contributed by atoms with Crippen LogP contribution in [0.3, 0.4) is 0 Å². The molecule has 0 amide bonds. The number of rotatable bonds is 6. The summed E-state index contributed by atoms with van der Waals surface area (Å²) in [5, 5.41) is 3.33. The molecule has 0 bridgehead atoms. The van der Waals surface area contributed by atoms with Gasteiger partial charge in [0, 0.05) is 40.9 Å². The van der Waals surface area contributed by atoms with E-state index in [0.29, 0.717) is 12.0 Å². The van der Waals surface area contributed by atoms with Gasteiger partial charge in [0.1, 0.15) is 0 Å². The summed E-state index contributed by atoms with van der Waals surface area (Å²) in [5.74, 6) is 3.02. The topological polar surface area (TPSA) is 38.3 Å². The lowest BCUT2D eigenvalue weighted by Crippen LogP contribution is -2.39. The molecule has 4 heteroatoms. The lowest BCUT2D eigenvalue weighted by atomic mass is 10.0. The molecule has 0 aromatic heterocycles. The van der Waals surface area contributed by atoms with Crippen molar-refractivity contribution in [2.24, 2.45) is 11.8 Å². The van der Waals surface area contributed by atoms with Crippen molar-refractivity contribution >= 4 is 10.8 Å². The molecule has 100 valence electrons. The van der Waals surface area contributed by atoms with Crippen LogP contribution in [-0.4, -0.2) is 42.0 Å². The van der Waals surface area contributed by atoms with Gasteiger partial charge in [0.15, 0.2) is 0 Å². The van der Waals surface area contributed by atoms with Crippen LogP contribution in [0, 0.1) is 11.8 Å². The average Bonchev–Trinajstić information content (AvgIpc) is 2.97. The molecular formula is C13H25NO2S. The van der Waals surface area contributed by atoms with Crippen molar-refractivity contribution in [3.8, 4) is 0 Å². The minimum atomic E-state index is -0.654. The van der Waals surface area contributed by atoms with Gasteiger partial charge in [0.25, 0.3) is 0 Å². The standard InChI is InChI=1S/C13H25NO2S/c1-14-13(12-6-7-16-8-12)10-17(15)9-11-4-2-3-5-11/h11-14H,2-10H2,1H3. The van der Waals surface area contributed by atoms with Gasteiger partial charge < -0.3 is 10.1 Å². The zero-order valence-corrected chi connectivity index (χ0v) is 11.6. The van der Waals surface area contributed by atoms with Crippen LogP contribution in [0.15, 0.2) is 0 Å². The van der Waals surface area contributed by atoms with Crippen molar-refractivity contribution < 1.29 is 8.95 Å². The molecule has 1 N–H and O–H groups in total. The van der Waals surface area contributed by atoms with E-state index >= 15 is 0 Å². The highest BCUT2D eigenvalue weighted by Crippen LogP contribution is 2.26. The summed E-state index contributed by atoms with van der Waals surface area (Å²) in [6, 6.07) is 0.375. The van der Waals surface area contributed by atoms with Crippen LogP contribution in [-0.2, 0) is 15.5 Å². The van der Waals surface area contributed by atoms with Crippen molar-refractivity contribution in [2.75, 3.05) is 31.8 Å². The summed E-state index contributed by atoms with van der Waals surface area (Å²) in [4.78, 5) is 0. The van der Waals surface area contributed by atoms with Crippen molar-refractivity contribution in [2.45, 2.75) is 38.1 Å². The summed E-state index contributed by atoms with van der Waals surface area (Å²) in [6.45, 7) is 1.71. The van der Waals surface area contributed by atoms with Gasteiger partial charge in [0.2, 0.25) is 0 Å². The van der Waals surface area contributed by atoms with Gasteiger partial charge in [-0.25, -0.2) is 0 Å². The maximum atomic E-state index is 12.2. The Labute approximate surface area is 107 Å². The zero-order chi connectivity index (χ0) is 12.1. The third-order valence-corrected chi connectivity index (χ3v) is 5.74. The number of ether oxygens (including phenoxy) is 1. The van der Waals surface area contributed by atoms with E-state index in [1.807, 2.05) is 7.05 Å². The molecule has 1 saturated carbocycles. The van der Waals surface area contributed by atoms with Crippen LogP contribution >= 0.6 is 0 Å². The van der Waals surface area contributed by atoms with E-state index in [2.05, 4.69) is 5.32 Å². The molecule has 0 aromatic carbocycles. The largest absolute Gasteiger partial charge is 0.381 e. The summed E-state index contributed by atoms with van der Waals surface area (Å²) < 4.78 is 17.6. The Kier molecular flexibility index (Phi) is 5.45. The van der Waals surface area contributed by atoms with Crippen LogP contribution in [0.2, 0.25) is 0 Å². The predicted octanol–water partition coefficient (Wildman–Crippen LogP) is 1.55. The van der Waals surface area contributed by atoms with Crippen molar-refractivity contribution in [1.29, 1.82) is 0 Å². The first kappa shape index (κ1) is 13.5. The second kappa shape index (κ2) is 6.86. The molecule has 1 saturated heterocycles. The highest BCUT2D eigenvalue weighted by Gasteiger charge is 2.27. The minimum Gasteiger partial charge on any atom is -0.381 e. The molecule has 2 aliphatic rings. The summed E-state index contributed by atoms with van der Waals surface area (Å²) in [7, 11) is 1.33. The van der Waals surface area contributed by atoms with Gasteiger partial charge >= 0.3 is 0 Å². The summed E-state index contributed by atoms with van der Waals surface area (Å²) in [5.41, 5.74) is 0. The van der Waals surface area contributed by atoms with Gasteiger partial charge in [-0.05, 0) is 32.2 Å². The molecule has 2 rings (SSSR count). The molecule has 0 aromatic rings. The zero-order valence-electron chi connectivity index (χ0n) is 10.8. The third-order valence-electron chi connectivity index (χ3n) is 4.17. The van der Waals surface area contributed by atoms with E-state index in [1.54, 1.807) is 0 Å². The van der Waals surface area contributed by atoms with Crippen LogP contribution < -0.4 is 5.32 Å². The smallest absolute Gasteiger partial charge is 0.0510 e. The molecule has 0 radical (unpaired) electrons. The second-order valence-corrected chi connectivity index (χ2v) is 6.99. The molecule has 2 fully saturated rings. The number of hydrogen-bond donors (Lipinski definition) is 1. The number of nitrogens with one attached hydrogen (secondary N) is 1. The Hall–Kier alpha value is 0.0700. The first-order valence-corrected chi connectivity index (χ1v) is 8.38. The van der Waals surface area contributed by atoms with Crippen LogP contribution in [0.5, 0.6) is 0 Å². The van der Waals surface area contributed by atoms with Crippen molar-refractivity contribution in [3.63, 3.8) is 0 Å². The minimum absolute atomic E-state index is 0.375. The average molecular weight is 259 g/mol.